The van der Waals surface area contributed by atoms with Crippen molar-refractivity contribution in [1.29, 1.82) is 0 Å². The molecule has 0 spiro atoms. The van der Waals surface area contributed by atoms with Gasteiger partial charge in [-0.15, -0.1) is 21.5 Å². The molecule has 2 rings (SSSR count). The fraction of sp³-hybridized carbons (Fsp3) is 0.333. The number of hydrogen-bond donors (Lipinski definition) is 1. The monoisotopic (exact) mass is 209 g/mol. The van der Waals surface area contributed by atoms with Crippen LogP contribution in [-0.2, 0) is 6.42 Å². The van der Waals surface area contributed by atoms with Crippen LogP contribution >= 0.6 is 11.3 Å². The first kappa shape index (κ1) is 9.36. The lowest BCUT2D eigenvalue weighted by atomic mass is 10.4. The van der Waals surface area contributed by atoms with Crippen molar-refractivity contribution >= 4 is 11.3 Å². The van der Waals surface area contributed by atoms with Gasteiger partial charge in [-0.25, -0.2) is 0 Å². The van der Waals surface area contributed by atoms with Gasteiger partial charge >= 0.3 is 0 Å². The van der Waals surface area contributed by atoms with Crippen LogP contribution in [0.5, 0.6) is 0 Å². The third-order valence-electron chi connectivity index (χ3n) is 1.78. The second kappa shape index (κ2) is 3.89. The molecule has 0 saturated carbocycles. The molecule has 14 heavy (non-hydrogen) atoms. The molecule has 5 heteroatoms. The van der Waals surface area contributed by atoms with Gasteiger partial charge in [-0.3, -0.25) is 0 Å². The first-order valence-corrected chi connectivity index (χ1v) is 5.20. The van der Waals surface area contributed by atoms with E-state index >= 15 is 0 Å². The zero-order chi connectivity index (χ0) is 9.97. The number of hydrogen-bond acceptors (Lipinski definition) is 5. The topological polar surface area (TPSA) is 64.9 Å². The molecule has 0 radical (unpaired) electrons. The molecule has 2 aromatic rings. The molecule has 2 heterocycles. The normalized spacial score (nSPS) is 10.7. The maximum absolute atomic E-state index is 5.43. The average Bonchev–Trinajstić information content (AvgIpc) is 2.74. The molecule has 0 aliphatic carbocycles. The number of nitrogens with two attached hydrogens (primary N) is 1. The summed E-state index contributed by atoms with van der Waals surface area (Å²) in [6, 6.07) is 4.02. The highest BCUT2D eigenvalue weighted by atomic mass is 32.1. The van der Waals surface area contributed by atoms with Crippen molar-refractivity contribution in [3.05, 3.63) is 22.9 Å². The van der Waals surface area contributed by atoms with Crippen LogP contribution in [-0.4, -0.2) is 16.7 Å². The molecule has 0 bridgehead atoms. The molecule has 0 aliphatic rings. The third-order valence-corrected chi connectivity index (χ3v) is 2.76. The van der Waals surface area contributed by atoms with Crippen molar-refractivity contribution in [2.24, 2.45) is 5.73 Å². The van der Waals surface area contributed by atoms with E-state index in [9.17, 15) is 0 Å². The van der Waals surface area contributed by atoms with E-state index in [1.54, 1.807) is 11.3 Å². The fourth-order valence-corrected chi connectivity index (χ4v) is 1.92. The summed E-state index contributed by atoms with van der Waals surface area (Å²) < 4.78 is 5.43. The second-order valence-electron chi connectivity index (χ2n) is 2.95. The van der Waals surface area contributed by atoms with Crippen LogP contribution in [0.3, 0.4) is 0 Å². The third kappa shape index (κ3) is 1.83. The van der Waals surface area contributed by atoms with Crippen LogP contribution in [0.15, 0.2) is 16.5 Å². The Morgan fingerprint density at radius 2 is 2.29 bits per heavy atom. The Morgan fingerprint density at radius 1 is 1.43 bits per heavy atom. The van der Waals surface area contributed by atoms with Gasteiger partial charge in [0.15, 0.2) is 0 Å². The van der Waals surface area contributed by atoms with Crippen LogP contribution in [0.2, 0.25) is 0 Å². The fourth-order valence-electron chi connectivity index (χ4n) is 1.13. The number of aryl methyl sites for hydroxylation is 1. The summed E-state index contributed by atoms with van der Waals surface area (Å²) in [6.45, 7) is 2.58. The summed E-state index contributed by atoms with van der Waals surface area (Å²) in [7, 11) is 0. The van der Waals surface area contributed by atoms with Crippen LogP contribution < -0.4 is 5.73 Å². The summed E-state index contributed by atoms with van der Waals surface area (Å²) in [5.41, 5.74) is 5.39. The van der Waals surface area contributed by atoms with Gasteiger partial charge in [-0.05, 0) is 19.1 Å². The van der Waals surface area contributed by atoms with Crippen molar-refractivity contribution in [2.75, 3.05) is 6.54 Å². The predicted octanol–water partition coefficient (Wildman–Crippen LogP) is 1.61. The van der Waals surface area contributed by atoms with Crippen molar-refractivity contribution < 1.29 is 4.42 Å². The van der Waals surface area contributed by atoms with E-state index in [1.807, 2.05) is 19.1 Å². The molecule has 0 aliphatic heterocycles. The SMILES string of the molecule is Cc1ccc(-c2nnc(CCN)o2)s1. The first-order chi connectivity index (χ1) is 6.79. The molecule has 0 amide bonds. The quantitative estimate of drug-likeness (QED) is 0.834. The molecule has 74 valence electrons. The Labute approximate surface area is 85.8 Å². The van der Waals surface area contributed by atoms with Gasteiger partial charge in [-0.1, -0.05) is 0 Å². The van der Waals surface area contributed by atoms with Crippen LogP contribution in [0.4, 0.5) is 0 Å². The van der Waals surface area contributed by atoms with Gasteiger partial charge < -0.3 is 10.2 Å². The second-order valence-corrected chi connectivity index (χ2v) is 4.24. The highest BCUT2D eigenvalue weighted by Crippen LogP contribution is 2.26. The molecule has 0 aromatic carbocycles. The lowest BCUT2D eigenvalue weighted by Gasteiger charge is -1.87. The predicted molar refractivity (Wildman–Crippen MR) is 55.1 cm³/mol. The number of thiophene rings is 1. The first-order valence-electron chi connectivity index (χ1n) is 4.39. The average molecular weight is 209 g/mol. The molecule has 0 fully saturated rings. The smallest absolute Gasteiger partial charge is 0.257 e. The number of nitrogens with zero attached hydrogens (tertiary/aromatic N) is 2. The van der Waals surface area contributed by atoms with Gasteiger partial charge in [0.2, 0.25) is 5.89 Å². The molecule has 2 N–H and O–H groups in total. The number of aromatic nitrogens is 2. The summed E-state index contributed by atoms with van der Waals surface area (Å²) in [6.07, 6.45) is 0.636. The van der Waals surface area contributed by atoms with Crippen LogP contribution in [0, 0.1) is 6.92 Å². The van der Waals surface area contributed by atoms with E-state index in [4.69, 9.17) is 10.2 Å². The van der Waals surface area contributed by atoms with E-state index in [1.165, 1.54) is 4.88 Å². The zero-order valence-electron chi connectivity index (χ0n) is 7.86. The minimum Gasteiger partial charge on any atom is -0.420 e. The zero-order valence-corrected chi connectivity index (χ0v) is 8.67. The van der Waals surface area contributed by atoms with Crippen molar-refractivity contribution in [3.8, 4) is 10.8 Å². The van der Waals surface area contributed by atoms with E-state index in [0.29, 0.717) is 24.7 Å². The maximum Gasteiger partial charge on any atom is 0.257 e. The van der Waals surface area contributed by atoms with E-state index in [-0.39, 0.29) is 0 Å². The standard InChI is InChI=1S/C9H11N3OS/c1-6-2-3-7(14-6)9-12-11-8(13-9)4-5-10/h2-3H,4-5,10H2,1H3. The molecular weight excluding hydrogens is 198 g/mol. The Balaban J connectivity index is 2.24. The van der Waals surface area contributed by atoms with Crippen molar-refractivity contribution in [3.63, 3.8) is 0 Å². The Kier molecular flexibility index (Phi) is 2.60. The van der Waals surface area contributed by atoms with Gasteiger partial charge in [-0.2, -0.15) is 0 Å². The van der Waals surface area contributed by atoms with Crippen LogP contribution in [0.1, 0.15) is 10.8 Å². The van der Waals surface area contributed by atoms with E-state index in [0.717, 1.165) is 4.88 Å². The minimum absolute atomic E-state index is 0.533. The largest absolute Gasteiger partial charge is 0.420 e. The maximum atomic E-state index is 5.43. The Bertz CT molecular complexity index is 421. The Morgan fingerprint density at radius 3 is 2.93 bits per heavy atom. The summed E-state index contributed by atoms with van der Waals surface area (Å²) >= 11 is 1.64. The minimum atomic E-state index is 0.533. The molecule has 0 unspecified atom stereocenters. The highest BCUT2D eigenvalue weighted by molar-refractivity contribution is 7.15. The highest BCUT2D eigenvalue weighted by Gasteiger charge is 2.09. The van der Waals surface area contributed by atoms with Gasteiger partial charge in [0, 0.05) is 17.8 Å². The molecule has 0 saturated heterocycles. The lowest BCUT2D eigenvalue weighted by Crippen LogP contribution is -2.02. The van der Waals surface area contributed by atoms with Crippen molar-refractivity contribution in [2.45, 2.75) is 13.3 Å². The Hall–Kier alpha value is -1.20. The molecular formula is C9H11N3OS. The van der Waals surface area contributed by atoms with Crippen molar-refractivity contribution in [1.82, 2.24) is 10.2 Å². The lowest BCUT2D eigenvalue weighted by molar-refractivity contribution is 0.508. The summed E-state index contributed by atoms with van der Waals surface area (Å²) in [5.74, 6) is 1.19. The van der Waals surface area contributed by atoms with Gasteiger partial charge in [0.1, 0.15) is 0 Å². The van der Waals surface area contributed by atoms with Crippen LogP contribution in [0.25, 0.3) is 10.8 Å². The summed E-state index contributed by atoms with van der Waals surface area (Å²) in [4.78, 5) is 2.25. The molecule has 4 nitrogen and oxygen atoms in total. The number of rotatable bonds is 3. The molecule has 2 aromatic heterocycles. The molecule has 0 atom stereocenters. The summed E-state index contributed by atoms with van der Waals surface area (Å²) in [5, 5.41) is 7.86. The van der Waals surface area contributed by atoms with E-state index in [2.05, 4.69) is 10.2 Å². The van der Waals surface area contributed by atoms with E-state index < -0.39 is 0 Å². The van der Waals surface area contributed by atoms with Gasteiger partial charge in [0.25, 0.3) is 5.89 Å². The van der Waals surface area contributed by atoms with Gasteiger partial charge in [0.05, 0.1) is 4.88 Å².